The van der Waals surface area contributed by atoms with Crippen LogP contribution in [0.1, 0.15) is 42.3 Å². The molecule has 0 spiro atoms. The lowest BCUT2D eigenvalue weighted by Crippen LogP contribution is -2.44. The molecule has 1 aliphatic heterocycles. The highest BCUT2D eigenvalue weighted by Crippen LogP contribution is 2.18. The Kier molecular flexibility index (Phi) is 5.94. The van der Waals surface area contributed by atoms with Crippen molar-refractivity contribution in [2.24, 2.45) is 5.92 Å². The first-order valence-corrected chi connectivity index (χ1v) is 9.55. The zero-order chi connectivity index (χ0) is 19.4. The zero-order valence-corrected chi connectivity index (χ0v) is 16.4. The summed E-state index contributed by atoms with van der Waals surface area (Å²) in [6.45, 7) is 8.06. The Morgan fingerprint density at radius 1 is 1.22 bits per heavy atom. The number of nitrogens with zero attached hydrogens (tertiary/aromatic N) is 3. The van der Waals surface area contributed by atoms with E-state index in [1.54, 1.807) is 11.8 Å². The lowest BCUT2D eigenvalue weighted by Gasteiger charge is -2.31. The Balaban J connectivity index is 1.62. The summed E-state index contributed by atoms with van der Waals surface area (Å²) in [7, 11) is 0. The number of nitrogens with one attached hydrogen (secondary N) is 1. The minimum Gasteiger partial charge on any atom is -0.352 e. The van der Waals surface area contributed by atoms with Gasteiger partial charge in [0.1, 0.15) is 0 Å². The molecule has 3 rings (SSSR count). The van der Waals surface area contributed by atoms with E-state index in [1.807, 2.05) is 36.7 Å². The van der Waals surface area contributed by atoms with Crippen molar-refractivity contribution in [2.45, 2.75) is 46.7 Å². The number of carbonyl (C=O) groups is 2. The van der Waals surface area contributed by atoms with Crippen molar-refractivity contribution in [3.05, 3.63) is 52.8 Å². The second-order valence-electron chi connectivity index (χ2n) is 7.31. The molecule has 1 aliphatic rings. The van der Waals surface area contributed by atoms with Crippen molar-refractivity contribution in [1.29, 1.82) is 0 Å². The van der Waals surface area contributed by atoms with Crippen LogP contribution in [0.3, 0.4) is 0 Å². The predicted octanol–water partition coefficient (Wildman–Crippen LogP) is 2.42. The Hall–Kier alpha value is -2.63. The van der Waals surface area contributed by atoms with Gasteiger partial charge >= 0.3 is 0 Å². The van der Waals surface area contributed by atoms with Gasteiger partial charge in [-0.15, -0.1) is 0 Å². The summed E-state index contributed by atoms with van der Waals surface area (Å²) in [4.78, 5) is 25.9. The molecule has 1 aromatic heterocycles. The maximum absolute atomic E-state index is 12.6. The molecule has 0 bridgehead atoms. The maximum atomic E-state index is 12.6. The molecule has 2 aromatic rings. The number of benzene rings is 1. The Morgan fingerprint density at radius 3 is 2.67 bits per heavy atom. The van der Waals surface area contributed by atoms with Crippen molar-refractivity contribution in [2.75, 3.05) is 13.1 Å². The van der Waals surface area contributed by atoms with E-state index in [4.69, 9.17) is 0 Å². The highest BCUT2D eigenvalue weighted by molar-refractivity contribution is 5.80. The maximum Gasteiger partial charge on any atom is 0.225 e. The van der Waals surface area contributed by atoms with Gasteiger partial charge < -0.3 is 10.2 Å². The molecule has 1 aromatic carbocycles. The molecule has 0 unspecified atom stereocenters. The molecule has 6 nitrogen and oxygen atoms in total. The Bertz CT molecular complexity index is 813. The third-order valence-corrected chi connectivity index (χ3v) is 5.38. The summed E-state index contributed by atoms with van der Waals surface area (Å²) >= 11 is 0. The number of hydrogen-bond donors (Lipinski definition) is 1. The molecule has 1 fully saturated rings. The fraction of sp³-hybridized carbons (Fsp3) is 0.476. The average Bonchev–Trinajstić information content (AvgIpc) is 2.93. The van der Waals surface area contributed by atoms with Gasteiger partial charge in [0, 0.05) is 37.8 Å². The van der Waals surface area contributed by atoms with E-state index in [0.717, 1.165) is 42.9 Å². The molecule has 27 heavy (non-hydrogen) atoms. The summed E-state index contributed by atoms with van der Waals surface area (Å²) in [5.41, 5.74) is 4.28. The molecule has 1 atom stereocenters. The predicted molar refractivity (Wildman–Crippen MR) is 104 cm³/mol. The van der Waals surface area contributed by atoms with Gasteiger partial charge in [-0.3, -0.25) is 14.3 Å². The fourth-order valence-electron chi connectivity index (χ4n) is 3.70. The Morgan fingerprint density at radius 2 is 1.96 bits per heavy atom. The topological polar surface area (TPSA) is 67.2 Å². The summed E-state index contributed by atoms with van der Waals surface area (Å²) in [5.74, 6) is -0.0560. The SMILES string of the molecule is CC(=O)N1CCC[C@H](C(=O)NCc2c(C)nn(Cc3ccccc3)c2C)C1. The lowest BCUT2D eigenvalue weighted by atomic mass is 9.97. The highest BCUT2D eigenvalue weighted by Gasteiger charge is 2.27. The average molecular weight is 368 g/mol. The number of carbonyl (C=O) groups excluding carboxylic acids is 2. The van der Waals surface area contributed by atoms with Gasteiger partial charge in [0.25, 0.3) is 0 Å². The smallest absolute Gasteiger partial charge is 0.225 e. The number of aromatic nitrogens is 2. The largest absolute Gasteiger partial charge is 0.352 e. The molecule has 0 radical (unpaired) electrons. The summed E-state index contributed by atoms with van der Waals surface area (Å²) in [6, 6.07) is 10.2. The van der Waals surface area contributed by atoms with Gasteiger partial charge in [-0.05, 0) is 32.3 Å². The van der Waals surface area contributed by atoms with Crippen molar-refractivity contribution in [1.82, 2.24) is 20.0 Å². The molecule has 144 valence electrons. The van der Waals surface area contributed by atoms with Crippen LogP contribution in [-0.2, 0) is 22.7 Å². The molecule has 1 N–H and O–H groups in total. The second-order valence-corrected chi connectivity index (χ2v) is 7.31. The van der Waals surface area contributed by atoms with Crippen LogP contribution in [0.2, 0.25) is 0 Å². The molecule has 0 aliphatic carbocycles. The number of amides is 2. The normalized spacial score (nSPS) is 17.0. The third kappa shape index (κ3) is 4.56. The minimum atomic E-state index is -0.123. The van der Waals surface area contributed by atoms with Gasteiger partial charge in [-0.1, -0.05) is 30.3 Å². The van der Waals surface area contributed by atoms with Gasteiger partial charge in [0.2, 0.25) is 11.8 Å². The van der Waals surface area contributed by atoms with Crippen LogP contribution in [0, 0.1) is 19.8 Å². The van der Waals surface area contributed by atoms with Crippen molar-refractivity contribution < 1.29 is 9.59 Å². The zero-order valence-electron chi connectivity index (χ0n) is 16.4. The first-order chi connectivity index (χ1) is 13.0. The van der Waals surface area contributed by atoms with E-state index in [0.29, 0.717) is 13.1 Å². The van der Waals surface area contributed by atoms with Crippen LogP contribution in [-0.4, -0.2) is 39.6 Å². The molecular formula is C21H28N4O2. The molecule has 2 amide bonds. The van der Waals surface area contributed by atoms with Crippen molar-refractivity contribution in [3.8, 4) is 0 Å². The monoisotopic (exact) mass is 368 g/mol. The lowest BCUT2D eigenvalue weighted by molar-refractivity contribution is -0.134. The summed E-state index contributed by atoms with van der Waals surface area (Å²) < 4.78 is 1.99. The van der Waals surface area contributed by atoms with E-state index < -0.39 is 0 Å². The van der Waals surface area contributed by atoms with Crippen molar-refractivity contribution >= 4 is 11.8 Å². The van der Waals surface area contributed by atoms with Gasteiger partial charge in [0.15, 0.2) is 0 Å². The standard InChI is InChI=1S/C21H28N4O2/c1-15-20(16(2)25(23-15)13-18-8-5-4-6-9-18)12-22-21(27)19-10-7-11-24(14-19)17(3)26/h4-6,8-9,19H,7,10-14H2,1-3H3,(H,22,27)/t19-/m0/s1. The minimum absolute atomic E-state index is 0.0237. The fourth-order valence-corrected chi connectivity index (χ4v) is 3.70. The number of rotatable bonds is 5. The van der Waals surface area contributed by atoms with E-state index in [9.17, 15) is 9.59 Å². The molecule has 1 saturated heterocycles. The first-order valence-electron chi connectivity index (χ1n) is 9.55. The van der Waals surface area contributed by atoms with Gasteiger partial charge in [-0.25, -0.2) is 0 Å². The number of aryl methyl sites for hydroxylation is 1. The van der Waals surface area contributed by atoms with Crippen LogP contribution >= 0.6 is 0 Å². The van der Waals surface area contributed by atoms with Gasteiger partial charge in [0.05, 0.1) is 18.2 Å². The van der Waals surface area contributed by atoms with Crippen LogP contribution < -0.4 is 5.32 Å². The van der Waals surface area contributed by atoms with Crippen LogP contribution in [0.4, 0.5) is 0 Å². The van der Waals surface area contributed by atoms with E-state index in [2.05, 4.69) is 22.5 Å². The third-order valence-electron chi connectivity index (χ3n) is 5.38. The number of hydrogen-bond acceptors (Lipinski definition) is 3. The summed E-state index contributed by atoms with van der Waals surface area (Å²) in [6.07, 6.45) is 1.71. The quantitative estimate of drug-likeness (QED) is 0.881. The second kappa shape index (κ2) is 8.37. The van der Waals surface area contributed by atoms with E-state index >= 15 is 0 Å². The van der Waals surface area contributed by atoms with Crippen molar-refractivity contribution in [3.63, 3.8) is 0 Å². The van der Waals surface area contributed by atoms with Crippen LogP contribution in [0.5, 0.6) is 0 Å². The van der Waals surface area contributed by atoms with Crippen LogP contribution in [0.15, 0.2) is 30.3 Å². The number of piperidine rings is 1. The molecule has 0 saturated carbocycles. The summed E-state index contributed by atoms with van der Waals surface area (Å²) in [5, 5.41) is 7.70. The van der Waals surface area contributed by atoms with E-state index in [1.165, 1.54) is 5.56 Å². The number of likely N-dealkylation sites (tertiary alicyclic amines) is 1. The van der Waals surface area contributed by atoms with E-state index in [-0.39, 0.29) is 17.7 Å². The Labute approximate surface area is 160 Å². The first kappa shape index (κ1) is 19.1. The molecule has 2 heterocycles. The highest BCUT2D eigenvalue weighted by atomic mass is 16.2. The molecule has 6 heteroatoms. The van der Waals surface area contributed by atoms with Crippen LogP contribution in [0.25, 0.3) is 0 Å². The molecular weight excluding hydrogens is 340 g/mol. The van der Waals surface area contributed by atoms with Gasteiger partial charge in [-0.2, -0.15) is 5.10 Å².